The maximum absolute atomic E-state index is 12.9. The van der Waals surface area contributed by atoms with Crippen molar-refractivity contribution in [2.45, 2.75) is 77.7 Å². The van der Waals surface area contributed by atoms with Crippen molar-refractivity contribution in [3.05, 3.63) is 34.9 Å². The van der Waals surface area contributed by atoms with Crippen molar-refractivity contribution in [2.24, 2.45) is 0 Å². The van der Waals surface area contributed by atoms with Gasteiger partial charge < -0.3 is 0 Å². The molecule has 0 amide bonds. The number of hydrogen-bond acceptors (Lipinski definition) is 4. The van der Waals surface area contributed by atoms with Crippen molar-refractivity contribution < 1.29 is 13.2 Å². The lowest BCUT2D eigenvalue weighted by Gasteiger charge is -2.50. The number of carbonyl (C=O) groups excluding carboxylic acids is 1. The van der Waals surface area contributed by atoms with E-state index in [0.29, 0.717) is 25.9 Å². The van der Waals surface area contributed by atoms with Crippen LogP contribution in [0.4, 0.5) is 0 Å². The number of nitrogens with zero attached hydrogens (tertiary/aromatic N) is 2. The summed E-state index contributed by atoms with van der Waals surface area (Å²) in [6.45, 7) is 8.76. The fraction of sp³-hybridized carbons (Fsp3) is 0.708. The van der Waals surface area contributed by atoms with Crippen molar-refractivity contribution in [3.63, 3.8) is 0 Å². The normalized spacial score (nSPS) is 20.2. The maximum atomic E-state index is 12.9. The Bertz CT molecular complexity index is 842. The summed E-state index contributed by atoms with van der Waals surface area (Å²) < 4.78 is 26.5. The number of sulfonamides is 1. The molecule has 0 bridgehead atoms. The van der Waals surface area contributed by atoms with E-state index in [1.165, 1.54) is 24.8 Å². The number of piperazine rings is 1. The van der Waals surface area contributed by atoms with Gasteiger partial charge in [-0.3, -0.25) is 9.69 Å². The van der Waals surface area contributed by atoms with Gasteiger partial charge in [0.2, 0.25) is 10.0 Å². The number of halogens is 1. The largest absolute Gasteiger partial charge is 0.295 e. The average molecular weight is 471 g/mol. The zero-order valence-corrected chi connectivity index (χ0v) is 21.0. The third-order valence-corrected chi connectivity index (χ3v) is 9.27. The standard InChI is InChI=1S/C24H38N2O3S.ClH/c1-4-18-30(28,29)26-16-14-25(15-17-26)24(11-6-5-7-12-24)13-10-23(27)22-9-8-20(2)21(3)19-22;/h8-9,19H,4-7,10-18H2,1-3H3;1H. The molecule has 176 valence electrons. The zero-order valence-electron chi connectivity index (χ0n) is 19.4. The molecule has 1 aliphatic heterocycles. The number of ketones is 1. The van der Waals surface area contributed by atoms with Gasteiger partial charge in [0.15, 0.2) is 5.78 Å². The Hall–Kier alpha value is -0.950. The summed E-state index contributed by atoms with van der Waals surface area (Å²) in [6.07, 6.45) is 8.00. The molecule has 0 N–H and O–H groups in total. The highest BCUT2D eigenvalue weighted by molar-refractivity contribution is 7.89. The van der Waals surface area contributed by atoms with E-state index in [0.717, 1.165) is 43.5 Å². The predicted octanol–water partition coefficient (Wildman–Crippen LogP) is 4.75. The summed E-state index contributed by atoms with van der Waals surface area (Å²) in [6, 6.07) is 6.01. The van der Waals surface area contributed by atoms with Crippen molar-refractivity contribution in [1.29, 1.82) is 0 Å². The Morgan fingerprint density at radius 3 is 2.23 bits per heavy atom. The number of aryl methyl sites for hydroxylation is 2. The Morgan fingerprint density at radius 2 is 1.65 bits per heavy atom. The summed E-state index contributed by atoms with van der Waals surface area (Å²) >= 11 is 0. The molecular formula is C24H39ClN2O3S. The minimum absolute atomic E-state index is 0. The molecule has 3 rings (SSSR count). The average Bonchev–Trinajstić information content (AvgIpc) is 2.75. The first-order valence-electron chi connectivity index (χ1n) is 11.6. The monoisotopic (exact) mass is 470 g/mol. The lowest BCUT2D eigenvalue weighted by atomic mass is 9.76. The molecule has 1 aliphatic carbocycles. The van der Waals surface area contributed by atoms with Crippen LogP contribution in [0, 0.1) is 13.8 Å². The molecule has 0 radical (unpaired) electrons. The van der Waals surface area contributed by atoms with Gasteiger partial charge in [0.25, 0.3) is 0 Å². The molecule has 5 nitrogen and oxygen atoms in total. The van der Waals surface area contributed by atoms with Crippen molar-refractivity contribution in [3.8, 4) is 0 Å². The smallest absolute Gasteiger partial charge is 0.214 e. The van der Waals surface area contributed by atoms with Gasteiger partial charge in [0.1, 0.15) is 0 Å². The summed E-state index contributed by atoms with van der Waals surface area (Å²) in [5.74, 6) is 0.468. The van der Waals surface area contributed by atoms with E-state index in [9.17, 15) is 13.2 Å². The van der Waals surface area contributed by atoms with Crippen LogP contribution in [0.3, 0.4) is 0 Å². The molecule has 2 aliphatic rings. The fourth-order valence-corrected chi connectivity index (χ4v) is 6.66. The molecule has 7 heteroatoms. The van der Waals surface area contributed by atoms with Gasteiger partial charge in [-0.25, -0.2) is 8.42 Å². The van der Waals surface area contributed by atoms with Crippen molar-refractivity contribution >= 4 is 28.2 Å². The Morgan fingerprint density at radius 1 is 1.00 bits per heavy atom. The molecular weight excluding hydrogens is 432 g/mol. The molecule has 1 aromatic rings. The van der Waals surface area contributed by atoms with Crippen molar-refractivity contribution in [1.82, 2.24) is 9.21 Å². The van der Waals surface area contributed by atoms with E-state index in [-0.39, 0.29) is 29.5 Å². The predicted molar refractivity (Wildman–Crippen MR) is 130 cm³/mol. The minimum Gasteiger partial charge on any atom is -0.295 e. The van der Waals surface area contributed by atoms with E-state index in [1.807, 2.05) is 25.1 Å². The SMILES string of the molecule is CCCS(=O)(=O)N1CCN(C2(CCC(=O)c3ccc(C)c(C)c3)CCCCC2)CC1.Cl. The number of Topliss-reactive ketones (excluding diaryl/α,β-unsaturated/α-hetero) is 1. The second-order valence-electron chi connectivity index (χ2n) is 9.21. The molecule has 1 saturated heterocycles. The van der Waals surface area contributed by atoms with E-state index >= 15 is 0 Å². The maximum Gasteiger partial charge on any atom is 0.214 e. The Kier molecular flexibility index (Phi) is 9.56. The molecule has 0 unspecified atom stereocenters. The molecule has 0 atom stereocenters. The first-order chi connectivity index (χ1) is 14.3. The first-order valence-corrected chi connectivity index (χ1v) is 13.2. The number of rotatable bonds is 8. The topological polar surface area (TPSA) is 57.7 Å². The Labute approximate surface area is 195 Å². The fourth-order valence-electron chi connectivity index (χ4n) is 5.17. The van der Waals surface area contributed by atoms with Crippen molar-refractivity contribution in [2.75, 3.05) is 31.9 Å². The van der Waals surface area contributed by atoms with Gasteiger partial charge in [0, 0.05) is 43.7 Å². The van der Waals surface area contributed by atoms with Crippen LogP contribution in [0.15, 0.2) is 18.2 Å². The van der Waals surface area contributed by atoms with Gasteiger partial charge in [-0.05, 0) is 56.7 Å². The summed E-state index contributed by atoms with van der Waals surface area (Å²) in [7, 11) is -3.12. The van der Waals surface area contributed by atoms with Gasteiger partial charge in [-0.15, -0.1) is 12.4 Å². The molecule has 1 saturated carbocycles. The highest BCUT2D eigenvalue weighted by Gasteiger charge is 2.40. The first kappa shape index (κ1) is 26.3. The van der Waals surface area contributed by atoms with Crippen LogP contribution in [-0.2, 0) is 10.0 Å². The number of carbonyl (C=O) groups is 1. The lowest BCUT2D eigenvalue weighted by Crippen LogP contribution is -2.58. The van der Waals surface area contributed by atoms with E-state index in [4.69, 9.17) is 0 Å². The highest BCUT2D eigenvalue weighted by Crippen LogP contribution is 2.38. The van der Waals surface area contributed by atoms with Gasteiger partial charge in [-0.2, -0.15) is 4.31 Å². The minimum atomic E-state index is -3.12. The van der Waals surface area contributed by atoms with E-state index in [2.05, 4.69) is 18.7 Å². The van der Waals surface area contributed by atoms with Gasteiger partial charge in [-0.1, -0.05) is 38.3 Å². The van der Waals surface area contributed by atoms with Gasteiger partial charge >= 0.3 is 0 Å². The number of benzene rings is 1. The second kappa shape index (κ2) is 11.3. The molecule has 1 heterocycles. The van der Waals surface area contributed by atoms with Crippen LogP contribution in [0.1, 0.15) is 79.8 Å². The van der Waals surface area contributed by atoms with Crippen LogP contribution in [0.5, 0.6) is 0 Å². The summed E-state index contributed by atoms with van der Waals surface area (Å²) in [4.78, 5) is 15.4. The quantitative estimate of drug-likeness (QED) is 0.514. The van der Waals surface area contributed by atoms with E-state index < -0.39 is 10.0 Å². The third kappa shape index (κ3) is 6.31. The van der Waals surface area contributed by atoms with Gasteiger partial charge in [0.05, 0.1) is 5.75 Å². The van der Waals surface area contributed by atoms with Crippen LogP contribution in [0.25, 0.3) is 0 Å². The zero-order chi connectivity index (χ0) is 21.8. The van der Waals surface area contributed by atoms with Crippen LogP contribution >= 0.6 is 12.4 Å². The van der Waals surface area contributed by atoms with Crippen LogP contribution < -0.4 is 0 Å². The molecule has 1 aromatic carbocycles. The lowest BCUT2D eigenvalue weighted by molar-refractivity contribution is 0.0165. The third-order valence-electron chi connectivity index (χ3n) is 7.20. The molecule has 0 spiro atoms. The highest BCUT2D eigenvalue weighted by atomic mass is 35.5. The molecule has 31 heavy (non-hydrogen) atoms. The summed E-state index contributed by atoms with van der Waals surface area (Å²) in [5, 5.41) is 0. The molecule has 0 aromatic heterocycles. The van der Waals surface area contributed by atoms with E-state index in [1.54, 1.807) is 4.31 Å². The molecule has 2 fully saturated rings. The Balaban J connectivity index is 0.00000341. The second-order valence-corrected chi connectivity index (χ2v) is 11.3. The number of hydrogen-bond donors (Lipinski definition) is 0. The van der Waals surface area contributed by atoms with Crippen LogP contribution in [-0.4, -0.2) is 60.9 Å². The van der Waals surface area contributed by atoms with Crippen LogP contribution in [0.2, 0.25) is 0 Å². The summed E-state index contributed by atoms with van der Waals surface area (Å²) in [5.41, 5.74) is 3.25.